The standard InChI is InChI=1S/C16H16O3.C7H14O/c1-18-16(19-2,14-11-7-4-8-12-14)15(17)13-9-5-3-6-10-13;1-3-5-7(8)6-4-2/h3-12H,1-2H3;3-6H2,1-2H3. The lowest BCUT2D eigenvalue weighted by Crippen LogP contribution is -2.39. The molecule has 0 aliphatic heterocycles. The molecule has 0 aromatic heterocycles. The molecule has 0 radical (unpaired) electrons. The minimum Gasteiger partial charge on any atom is -0.343 e. The van der Waals surface area contributed by atoms with Crippen LogP contribution in [0.25, 0.3) is 0 Å². The van der Waals surface area contributed by atoms with E-state index in [1.54, 1.807) is 12.1 Å². The van der Waals surface area contributed by atoms with Crippen LogP contribution in [0.4, 0.5) is 0 Å². The topological polar surface area (TPSA) is 52.6 Å². The number of hydrogen-bond acceptors (Lipinski definition) is 4. The van der Waals surface area contributed by atoms with Gasteiger partial charge in [0, 0.05) is 38.2 Å². The van der Waals surface area contributed by atoms with Gasteiger partial charge in [-0.05, 0) is 12.8 Å². The van der Waals surface area contributed by atoms with Gasteiger partial charge in [-0.25, -0.2) is 0 Å². The van der Waals surface area contributed by atoms with E-state index in [2.05, 4.69) is 0 Å². The van der Waals surface area contributed by atoms with E-state index < -0.39 is 5.79 Å². The van der Waals surface area contributed by atoms with E-state index in [0.717, 1.165) is 25.7 Å². The van der Waals surface area contributed by atoms with Gasteiger partial charge in [-0.2, -0.15) is 0 Å². The minimum atomic E-state index is -1.40. The number of carbonyl (C=O) groups is 2. The molecular formula is C23H30O4. The van der Waals surface area contributed by atoms with Crippen molar-refractivity contribution in [2.75, 3.05) is 14.2 Å². The number of ketones is 2. The summed E-state index contributed by atoms with van der Waals surface area (Å²) in [4.78, 5) is 23.3. The van der Waals surface area contributed by atoms with E-state index in [-0.39, 0.29) is 5.78 Å². The lowest BCUT2D eigenvalue weighted by molar-refractivity contribution is -0.176. The fourth-order valence-corrected chi connectivity index (χ4v) is 2.76. The molecule has 4 heteroatoms. The Bertz CT molecular complexity index is 668. The highest BCUT2D eigenvalue weighted by molar-refractivity contribution is 6.02. The maximum atomic E-state index is 12.7. The molecular weight excluding hydrogens is 340 g/mol. The number of hydrogen-bond donors (Lipinski definition) is 0. The first-order valence-corrected chi connectivity index (χ1v) is 9.33. The van der Waals surface area contributed by atoms with Crippen LogP contribution in [0.1, 0.15) is 55.5 Å². The third kappa shape index (κ3) is 6.42. The summed E-state index contributed by atoms with van der Waals surface area (Å²) < 4.78 is 10.8. The van der Waals surface area contributed by atoms with Crippen LogP contribution in [-0.4, -0.2) is 25.8 Å². The fourth-order valence-electron chi connectivity index (χ4n) is 2.76. The summed E-state index contributed by atoms with van der Waals surface area (Å²) >= 11 is 0. The highest BCUT2D eigenvalue weighted by Gasteiger charge is 2.41. The van der Waals surface area contributed by atoms with Crippen molar-refractivity contribution in [3.8, 4) is 0 Å². The van der Waals surface area contributed by atoms with Crippen LogP contribution < -0.4 is 0 Å². The molecule has 0 aliphatic carbocycles. The van der Waals surface area contributed by atoms with Gasteiger partial charge in [-0.15, -0.1) is 0 Å². The molecule has 0 amide bonds. The molecule has 146 valence electrons. The van der Waals surface area contributed by atoms with Crippen LogP contribution in [0.15, 0.2) is 60.7 Å². The Balaban J connectivity index is 0.000000387. The predicted molar refractivity (Wildman–Crippen MR) is 108 cm³/mol. The molecule has 0 saturated carbocycles. The second-order valence-corrected chi connectivity index (χ2v) is 6.12. The van der Waals surface area contributed by atoms with Crippen molar-refractivity contribution in [3.05, 3.63) is 71.8 Å². The summed E-state index contributed by atoms with van der Waals surface area (Å²) in [5.41, 5.74) is 1.23. The Hall–Kier alpha value is -2.30. The van der Waals surface area contributed by atoms with E-state index in [1.807, 2.05) is 62.4 Å². The maximum Gasteiger partial charge on any atom is 0.260 e. The first-order valence-electron chi connectivity index (χ1n) is 9.33. The monoisotopic (exact) mass is 370 g/mol. The van der Waals surface area contributed by atoms with Gasteiger partial charge in [0.05, 0.1) is 0 Å². The van der Waals surface area contributed by atoms with Crippen LogP contribution >= 0.6 is 0 Å². The van der Waals surface area contributed by atoms with Gasteiger partial charge in [-0.1, -0.05) is 74.5 Å². The van der Waals surface area contributed by atoms with Crippen LogP contribution in [0.3, 0.4) is 0 Å². The third-order valence-corrected chi connectivity index (χ3v) is 4.12. The number of ether oxygens (including phenoxy) is 2. The van der Waals surface area contributed by atoms with Crippen LogP contribution in [0, 0.1) is 0 Å². The number of rotatable bonds is 9. The molecule has 0 heterocycles. The predicted octanol–water partition coefficient (Wildman–Crippen LogP) is 5.17. The maximum absolute atomic E-state index is 12.7. The number of benzene rings is 2. The summed E-state index contributed by atoms with van der Waals surface area (Å²) in [6.07, 6.45) is 3.54. The second-order valence-electron chi connectivity index (χ2n) is 6.12. The smallest absolute Gasteiger partial charge is 0.260 e. The Labute approximate surface area is 162 Å². The zero-order chi connectivity index (χ0) is 20.1. The van der Waals surface area contributed by atoms with Gasteiger partial charge < -0.3 is 9.47 Å². The zero-order valence-electron chi connectivity index (χ0n) is 16.7. The molecule has 2 aromatic rings. The number of carbonyl (C=O) groups excluding carboxylic acids is 2. The van der Waals surface area contributed by atoms with Crippen LogP contribution in [0.5, 0.6) is 0 Å². The fraction of sp³-hybridized carbons (Fsp3) is 0.391. The molecule has 2 aromatic carbocycles. The molecule has 0 unspecified atom stereocenters. The zero-order valence-corrected chi connectivity index (χ0v) is 16.7. The Kier molecular flexibility index (Phi) is 10.2. The van der Waals surface area contributed by atoms with Gasteiger partial charge in [0.15, 0.2) is 0 Å². The van der Waals surface area contributed by atoms with Gasteiger partial charge in [0.25, 0.3) is 5.79 Å². The van der Waals surface area contributed by atoms with E-state index in [1.165, 1.54) is 14.2 Å². The average molecular weight is 370 g/mol. The highest BCUT2D eigenvalue weighted by Crippen LogP contribution is 2.30. The van der Waals surface area contributed by atoms with E-state index in [9.17, 15) is 9.59 Å². The lowest BCUT2D eigenvalue weighted by atomic mass is 9.96. The van der Waals surface area contributed by atoms with Gasteiger partial charge in [0.2, 0.25) is 5.78 Å². The third-order valence-electron chi connectivity index (χ3n) is 4.12. The van der Waals surface area contributed by atoms with Crippen molar-refractivity contribution in [2.45, 2.75) is 45.3 Å². The van der Waals surface area contributed by atoms with Gasteiger partial charge in [0.1, 0.15) is 5.78 Å². The molecule has 4 nitrogen and oxygen atoms in total. The molecule has 0 fully saturated rings. The van der Waals surface area contributed by atoms with E-state index in [0.29, 0.717) is 16.9 Å². The molecule has 0 spiro atoms. The number of methoxy groups -OCH3 is 2. The largest absolute Gasteiger partial charge is 0.343 e. The molecule has 2 rings (SSSR count). The first kappa shape index (κ1) is 22.7. The Morgan fingerprint density at radius 2 is 1.22 bits per heavy atom. The molecule has 0 atom stereocenters. The van der Waals surface area contributed by atoms with Crippen molar-refractivity contribution in [1.29, 1.82) is 0 Å². The quantitative estimate of drug-likeness (QED) is 0.451. The summed E-state index contributed by atoms with van der Waals surface area (Å²) in [6.45, 7) is 4.07. The SMILES string of the molecule is CCCC(=O)CCC.COC(OC)(C(=O)c1ccccc1)c1ccccc1. The first-order chi connectivity index (χ1) is 13.1. The normalized spacial score (nSPS) is 10.7. The summed E-state index contributed by atoms with van der Waals surface area (Å²) in [6, 6.07) is 18.2. The molecule has 0 saturated heterocycles. The van der Waals surface area contributed by atoms with Crippen molar-refractivity contribution in [3.63, 3.8) is 0 Å². The highest BCUT2D eigenvalue weighted by atomic mass is 16.7. The van der Waals surface area contributed by atoms with Gasteiger partial charge >= 0.3 is 0 Å². The second kappa shape index (κ2) is 12.2. The summed E-state index contributed by atoms with van der Waals surface area (Å²) in [5.74, 6) is -1.21. The van der Waals surface area contributed by atoms with Crippen LogP contribution in [0.2, 0.25) is 0 Å². The molecule has 0 bridgehead atoms. The van der Waals surface area contributed by atoms with E-state index >= 15 is 0 Å². The molecule has 0 N–H and O–H groups in total. The average Bonchev–Trinajstić information content (AvgIpc) is 2.72. The molecule has 27 heavy (non-hydrogen) atoms. The van der Waals surface area contributed by atoms with Crippen molar-refractivity contribution < 1.29 is 19.1 Å². The summed E-state index contributed by atoms with van der Waals surface area (Å²) in [7, 11) is 2.94. The van der Waals surface area contributed by atoms with Crippen LogP contribution in [-0.2, 0) is 20.1 Å². The Morgan fingerprint density at radius 1 is 0.778 bits per heavy atom. The minimum absolute atomic E-state index is 0.218. The van der Waals surface area contributed by atoms with E-state index in [4.69, 9.17) is 9.47 Å². The lowest BCUT2D eigenvalue weighted by Gasteiger charge is -2.29. The number of Topliss-reactive ketones (excluding diaryl/α,β-unsaturated/α-hetero) is 2. The molecule has 0 aliphatic rings. The van der Waals surface area contributed by atoms with Crippen molar-refractivity contribution >= 4 is 11.6 Å². The van der Waals surface area contributed by atoms with Crippen molar-refractivity contribution in [1.82, 2.24) is 0 Å². The van der Waals surface area contributed by atoms with Crippen molar-refractivity contribution in [2.24, 2.45) is 0 Å². The Morgan fingerprint density at radius 3 is 1.63 bits per heavy atom. The van der Waals surface area contributed by atoms with Gasteiger partial charge in [-0.3, -0.25) is 9.59 Å². The summed E-state index contributed by atoms with van der Waals surface area (Å²) in [5, 5.41) is 0.